The standard InChI is InChI=1S/C31H42N2O8SSi/c1-22-23(2)32-41-30(22)33(21-38-17-18-43(4,5)6)42(35,36)28-12-8-7-11-27(28)26-15-14-24(31(34)37-3)19-25(26)20-40-29-13-9-10-16-39-29/h7-8,11-12,14-15,19,29H,9-10,13,16-18,20-21H2,1-6H3. The zero-order valence-corrected chi connectivity index (χ0v) is 27.7. The third kappa shape index (κ3) is 8.12. The molecule has 10 nitrogen and oxygen atoms in total. The number of hydrogen-bond donors (Lipinski definition) is 0. The number of sulfonamides is 1. The lowest BCUT2D eigenvalue weighted by molar-refractivity contribution is -0.168. The summed E-state index contributed by atoms with van der Waals surface area (Å²) in [4.78, 5) is 12.4. The highest BCUT2D eigenvalue weighted by atomic mass is 32.2. The predicted molar refractivity (Wildman–Crippen MR) is 166 cm³/mol. The van der Waals surface area contributed by atoms with Crippen molar-refractivity contribution in [2.75, 3.05) is 31.4 Å². The van der Waals surface area contributed by atoms with Gasteiger partial charge in [0.1, 0.15) is 6.73 Å². The van der Waals surface area contributed by atoms with Gasteiger partial charge in [-0.3, -0.25) is 0 Å². The summed E-state index contributed by atoms with van der Waals surface area (Å²) >= 11 is 0. The van der Waals surface area contributed by atoms with Gasteiger partial charge in [0.05, 0.1) is 29.9 Å². The van der Waals surface area contributed by atoms with Gasteiger partial charge >= 0.3 is 5.97 Å². The fraction of sp³-hybridized carbons (Fsp3) is 0.484. The molecule has 0 aliphatic carbocycles. The van der Waals surface area contributed by atoms with Gasteiger partial charge in [-0.05, 0) is 68.5 Å². The number of esters is 1. The van der Waals surface area contributed by atoms with Gasteiger partial charge in [-0.1, -0.05) is 49.1 Å². The van der Waals surface area contributed by atoms with Crippen LogP contribution in [0.25, 0.3) is 11.1 Å². The van der Waals surface area contributed by atoms with Crippen molar-refractivity contribution in [3.05, 3.63) is 64.8 Å². The number of benzene rings is 2. The summed E-state index contributed by atoms with van der Waals surface area (Å²) in [6, 6.07) is 12.6. The van der Waals surface area contributed by atoms with Crippen molar-refractivity contribution < 1.29 is 36.7 Å². The van der Waals surface area contributed by atoms with Gasteiger partial charge in [0.25, 0.3) is 10.0 Å². The number of hydrogen-bond acceptors (Lipinski definition) is 9. The van der Waals surface area contributed by atoms with Crippen LogP contribution in [0.3, 0.4) is 0 Å². The first-order valence-electron chi connectivity index (χ1n) is 14.5. The summed E-state index contributed by atoms with van der Waals surface area (Å²) in [5.74, 6) is -0.389. The lowest BCUT2D eigenvalue weighted by atomic mass is 9.97. The van der Waals surface area contributed by atoms with E-state index in [1.165, 1.54) is 7.11 Å². The third-order valence-corrected chi connectivity index (χ3v) is 10.9. The summed E-state index contributed by atoms with van der Waals surface area (Å²) in [6.07, 6.45) is 2.37. The molecule has 1 aliphatic heterocycles. The second-order valence-electron chi connectivity index (χ2n) is 11.9. The van der Waals surface area contributed by atoms with Crippen LogP contribution in [-0.4, -0.2) is 61.0 Å². The number of methoxy groups -OCH3 is 1. The Bertz CT molecular complexity index is 1510. The minimum Gasteiger partial charge on any atom is -0.465 e. The van der Waals surface area contributed by atoms with Gasteiger partial charge in [-0.15, -0.1) is 0 Å². The Morgan fingerprint density at radius 2 is 1.86 bits per heavy atom. The predicted octanol–water partition coefficient (Wildman–Crippen LogP) is 6.30. The van der Waals surface area contributed by atoms with E-state index in [0.717, 1.165) is 29.6 Å². The number of aryl methyl sites for hydroxylation is 1. The van der Waals surface area contributed by atoms with E-state index in [9.17, 15) is 13.2 Å². The molecular formula is C31H42N2O8SSi. The number of aromatic nitrogens is 1. The molecule has 1 atom stereocenters. The fourth-order valence-electron chi connectivity index (χ4n) is 4.68. The number of carbonyl (C=O) groups is 1. The van der Waals surface area contributed by atoms with Crippen LogP contribution >= 0.6 is 0 Å². The van der Waals surface area contributed by atoms with Crippen molar-refractivity contribution in [3.8, 4) is 11.1 Å². The highest BCUT2D eigenvalue weighted by Gasteiger charge is 2.33. The zero-order chi connectivity index (χ0) is 31.2. The molecule has 0 N–H and O–H groups in total. The van der Waals surface area contributed by atoms with Gasteiger partial charge in [0, 0.05) is 32.4 Å². The van der Waals surface area contributed by atoms with Gasteiger partial charge in [0.15, 0.2) is 6.29 Å². The van der Waals surface area contributed by atoms with Crippen molar-refractivity contribution in [2.24, 2.45) is 0 Å². The van der Waals surface area contributed by atoms with Gasteiger partial charge in [-0.2, -0.15) is 0 Å². The van der Waals surface area contributed by atoms with Crippen LogP contribution in [0, 0.1) is 13.8 Å². The molecule has 3 aromatic rings. The molecule has 43 heavy (non-hydrogen) atoms. The Kier molecular flexibility index (Phi) is 10.8. The third-order valence-electron chi connectivity index (χ3n) is 7.40. The molecule has 1 fully saturated rings. The number of ether oxygens (including phenoxy) is 4. The summed E-state index contributed by atoms with van der Waals surface area (Å²) in [5.41, 5.74) is 3.22. The monoisotopic (exact) mass is 630 g/mol. The quantitative estimate of drug-likeness (QED) is 0.0929. The number of anilines is 1. The van der Waals surface area contributed by atoms with E-state index in [2.05, 4.69) is 24.8 Å². The van der Waals surface area contributed by atoms with E-state index in [1.807, 2.05) is 0 Å². The molecule has 0 radical (unpaired) electrons. The van der Waals surface area contributed by atoms with Crippen molar-refractivity contribution in [1.82, 2.24) is 5.16 Å². The molecular weight excluding hydrogens is 589 g/mol. The van der Waals surface area contributed by atoms with Crippen molar-refractivity contribution in [1.29, 1.82) is 0 Å². The fourth-order valence-corrected chi connectivity index (χ4v) is 6.98. The first-order valence-corrected chi connectivity index (χ1v) is 19.6. The van der Waals surface area contributed by atoms with Gasteiger partial charge in [0.2, 0.25) is 5.88 Å². The van der Waals surface area contributed by atoms with Crippen LogP contribution in [0.15, 0.2) is 51.9 Å². The van der Waals surface area contributed by atoms with Gasteiger partial charge < -0.3 is 23.5 Å². The van der Waals surface area contributed by atoms with Crippen LogP contribution in [0.1, 0.15) is 46.4 Å². The smallest absolute Gasteiger partial charge is 0.337 e. The van der Waals surface area contributed by atoms with Crippen molar-refractivity contribution in [3.63, 3.8) is 0 Å². The lowest BCUT2D eigenvalue weighted by Crippen LogP contribution is -2.34. The van der Waals surface area contributed by atoms with Crippen LogP contribution in [0.5, 0.6) is 0 Å². The Morgan fingerprint density at radius 1 is 1.09 bits per heavy atom. The highest BCUT2D eigenvalue weighted by molar-refractivity contribution is 7.93. The molecule has 0 spiro atoms. The minimum atomic E-state index is -4.21. The summed E-state index contributed by atoms with van der Waals surface area (Å²) in [7, 11) is -4.30. The van der Waals surface area contributed by atoms with E-state index < -0.39 is 24.1 Å². The molecule has 0 saturated carbocycles. The van der Waals surface area contributed by atoms with E-state index >= 15 is 0 Å². The molecule has 12 heteroatoms. The summed E-state index contributed by atoms with van der Waals surface area (Å²) < 4.78 is 58.3. The van der Waals surface area contributed by atoms with E-state index in [0.29, 0.717) is 46.7 Å². The zero-order valence-electron chi connectivity index (χ0n) is 25.8. The molecule has 2 aromatic carbocycles. The molecule has 1 unspecified atom stereocenters. The number of nitrogens with zero attached hydrogens (tertiary/aromatic N) is 2. The average Bonchev–Trinajstić information content (AvgIpc) is 3.32. The second-order valence-corrected chi connectivity index (χ2v) is 19.3. The van der Waals surface area contributed by atoms with Gasteiger partial charge in [-0.25, -0.2) is 17.5 Å². The van der Waals surface area contributed by atoms with E-state index in [1.54, 1.807) is 56.3 Å². The number of carbonyl (C=O) groups excluding carboxylic acids is 1. The second kappa shape index (κ2) is 14.2. The summed E-state index contributed by atoms with van der Waals surface area (Å²) in [5, 5.41) is 4.01. The van der Waals surface area contributed by atoms with Crippen LogP contribution in [-0.2, 0) is 35.6 Å². The minimum absolute atomic E-state index is 0.0539. The van der Waals surface area contributed by atoms with Crippen molar-refractivity contribution in [2.45, 2.75) is 76.6 Å². The summed E-state index contributed by atoms with van der Waals surface area (Å²) in [6.45, 7) is 11.2. The Hall–Kier alpha value is -3.03. The molecule has 2 heterocycles. The maximum Gasteiger partial charge on any atom is 0.337 e. The topological polar surface area (TPSA) is 117 Å². The lowest BCUT2D eigenvalue weighted by Gasteiger charge is -2.25. The molecule has 1 aliphatic rings. The van der Waals surface area contributed by atoms with Crippen molar-refractivity contribution >= 4 is 30.0 Å². The Morgan fingerprint density at radius 3 is 2.51 bits per heavy atom. The SMILES string of the molecule is COC(=O)c1ccc(-c2ccccc2S(=O)(=O)N(COCC[Si](C)(C)C)c2onc(C)c2C)c(COC2CCCCO2)c1. The maximum atomic E-state index is 14.5. The molecule has 1 aromatic heterocycles. The Balaban J connectivity index is 1.75. The largest absolute Gasteiger partial charge is 0.465 e. The van der Waals surface area contributed by atoms with Crippen LogP contribution < -0.4 is 4.31 Å². The molecule has 234 valence electrons. The van der Waals surface area contributed by atoms with Crippen LogP contribution in [0.4, 0.5) is 5.88 Å². The van der Waals surface area contributed by atoms with Crippen LogP contribution in [0.2, 0.25) is 25.7 Å². The van der Waals surface area contributed by atoms with E-state index in [-0.39, 0.29) is 30.4 Å². The molecule has 0 bridgehead atoms. The number of rotatable bonds is 13. The molecule has 4 rings (SSSR count). The molecule has 1 saturated heterocycles. The average molecular weight is 631 g/mol. The first-order chi connectivity index (χ1) is 20.4. The maximum absolute atomic E-state index is 14.5. The first kappa shape index (κ1) is 32.9. The molecule has 0 amide bonds. The normalized spacial score (nSPS) is 15.8. The Labute approximate surface area is 255 Å². The highest BCUT2D eigenvalue weighted by Crippen LogP contribution is 2.36. The van der Waals surface area contributed by atoms with E-state index in [4.69, 9.17) is 23.5 Å².